The largest absolute Gasteiger partial charge is 0.379 e. The van der Waals surface area contributed by atoms with E-state index in [1.165, 1.54) is 19.3 Å². The van der Waals surface area contributed by atoms with Gasteiger partial charge >= 0.3 is 0 Å². The molecule has 0 saturated heterocycles. The highest BCUT2D eigenvalue weighted by molar-refractivity contribution is 4.82. The van der Waals surface area contributed by atoms with E-state index >= 15 is 0 Å². The van der Waals surface area contributed by atoms with Gasteiger partial charge in [0.1, 0.15) is 6.61 Å². The van der Waals surface area contributed by atoms with Crippen LogP contribution in [0.15, 0.2) is 0 Å². The normalized spacial score (nSPS) is 11.1. The summed E-state index contributed by atoms with van der Waals surface area (Å²) in [4.78, 5) is 0. The lowest BCUT2D eigenvalue weighted by Gasteiger charge is -2.08. The van der Waals surface area contributed by atoms with Crippen molar-refractivity contribution >= 4 is 0 Å². The Labute approximate surface area is 189 Å². The van der Waals surface area contributed by atoms with Crippen molar-refractivity contribution < 1.29 is 37.9 Å². The van der Waals surface area contributed by atoms with Gasteiger partial charge in [0.15, 0.2) is 0 Å². The van der Waals surface area contributed by atoms with E-state index < -0.39 is 0 Å². The van der Waals surface area contributed by atoms with Crippen molar-refractivity contribution in [3.05, 3.63) is 0 Å². The average molecular weight is 449 g/mol. The minimum atomic E-state index is 0.318. The van der Waals surface area contributed by atoms with Crippen LogP contribution in [-0.4, -0.2) is 106 Å². The lowest BCUT2D eigenvalue weighted by molar-refractivity contribution is -0.0225. The fraction of sp³-hybridized carbons (Fsp3) is 0.913. The van der Waals surface area contributed by atoms with Gasteiger partial charge in [-0.2, -0.15) is 0 Å². The van der Waals surface area contributed by atoms with Crippen LogP contribution in [0.25, 0.3) is 0 Å². The number of unbranched alkanes of at least 4 members (excludes halogenated alkanes) is 3. The molecule has 0 bridgehead atoms. The Morgan fingerprint density at radius 2 is 0.742 bits per heavy atom. The molecule has 8 heteroatoms. The molecule has 0 saturated carbocycles. The van der Waals surface area contributed by atoms with Crippen molar-refractivity contribution in [2.45, 2.75) is 32.6 Å². The quantitative estimate of drug-likeness (QED) is 0.140. The highest BCUT2D eigenvalue weighted by Crippen LogP contribution is 1.98. The summed E-state index contributed by atoms with van der Waals surface area (Å²) in [5.41, 5.74) is 0. The van der Waals surface area contributed by atoms with Crippen molar-refractivity contribution in [1.29, 1.82) is 0 Å². The molecule has 0 rings (SSSR count). The monoisotopic (exact) mass is 448 g/mol. The Bertz CT molecular complexity index is 362. The first-order chi connectivity index (χ1) is 15.4. The highest BCUT2D eigenvalue weighted by atomic mass is 16.6. The van der Waals surface area contributed by atoms with Gasteiger partial charge in [-0.25, -0.2) is 0 Å². The van der Waals surface area contributed by atoms with E-state index in [-0.39, 0.29) is 0 Å². The molecule has 0 N–H and O–H groups in total. The van der Waals surface area contributed by atoms with Crippen LogP contribution in [-0.2, 0) is 37.9 Å². The summed E-state index contributed by atoms with van der Waals surface area (Å²) in [6.45, 7) is 11.1. The molecule has 8 nitrogen and oxygen atoms in total. The Morgan fingerprint density at radius 1 is 0.419 bits per heavy atom. The second-order valence-corrected chi connectivity index (χ2v) is 6.60. The summed E-state index contributed by atoms with van der Waals surface area (Å²) in [6.07, 6.45) is 9.98. The van der Waals surface area contributed by atoms with Crippen molar-refractivity contribution in [1.82, 2.24) is 0 Å². The van der Waals surface area contributed by atoms with Crippen LogP contribution < -0.4 is 0 Å². The molecular formula is C23H44O8. The second kappa shape index (κ2) is 29.2. The minimum Gasteiger partial charge on any atom is -0.379 e. The van der Waals surface area contributed by atoms with Crippen LogP contribution in [0.2, 0.25) is 0 Å². The molecule has 0 amide bonds. The van der Waals surface area contributed by atoms with Crippen LogP contribution in [0.4, 0.5) is 0 Å². The zero-order valence-electron chi connectivity index (χ0n) is 19.5. The minimum absolute atomic E-state index is 0.318. The maximum absolute atomic E-state index is 5.50. The van der Waals surface area contributed by atoms with Gasteiger partial charge in [-0.1, -0.05) is 32.1 Å². The molecule has 0 atom stereocenters. The number of hydrogen-bond donors (Lipinski definition) is 0. The fourth-order valence-electron chi connectivity index (χ4n) is 2.30. The molecule has 0 unspecified atom stereocenters. The molecule has 31 heavy (non-hydrogen) atoms. The van der Waals surface area contributed by atoms with Crippen LogP contribution in [0.3, 0.4) is 0 Å². The second-order valence-electron chi connectivity index (χ2n) is 6.60. The SMILES string of the molecule is C#CCOCCOCCOCCOCCOCCOCCOCCOCCCCCC. The lowest BCUT2D eigenvalue weighted by atomic mass is 10.2. The standard InChI is InChI=1S/C23H44O8/c1-3-5-6-7-9-25-11-13-27-15-17-29-19-21-31-23-22-30-20-18-28-16-14-26-12-10-24-8-4-2/h2H,3,5-23H2,1H3. The number of rotatable bonds is 27. The summed E-state index contributed by atoms with van der Waals surface area (Å²) >= 11 is 0. The molecule has 0 aliphatic rings. The smallest absolute Gasteiger partial charge is 0.107 e. The first-order valence-electron chi connectivity index (χ1n) is 11.5. The van der Waals surface area contributed by atoms with Crippen molar-refractivity contribution in [3.8, 4) is 12.3 Å². The molecule has 0 fully saturated rings. The van der Waals surface area contributed by atoms with E-state index in [4.69, 9.17) is 44.3 Å². The molecule has 0 heterocycles. The van der Waals surface area contributed by atoms with Gasteiger partial charge < -0.3 is 37.9 Å². The van der Waals surface area contributed by atoms with E-state index in [2.05, 4.69) is 12.8 Å². The van der Waals surface area contributed by atoms with Crippen LogP contribution >= 0.6 is 0 Å². The molecule has 0 spiro atoms. The van der Waals surface area contributed by atoms with Gasteiger partial charge in [0.05, 0.1) is 92.5 Å². The summed E-state index contributed by atoms with van der Waals surface area (Å²) in [6, 6.07) is 0. The molecule has 0 aliphatic heterocycles. The van der Waals surface area contributed by atoms with E-state index in [1.807, 2.05) is 0 Å². The number of ether oxygens (including phenoxy) is 8. The maximum atomic E-state index is 5.50. The first-order valence-corrected chi connectivity index (χ1v) is 11.5. The molecule has 0 radical (unpaired) electrons. The average Bonchev–Trinajstić information content (AvgIpc) is 2.78. The summed E-state index contributed by atoms with van der Waals surface area (Å²) < 4.78 is 43.1. The Balaban J connectivity index is 2.99. The molecule has 0 aromatic rings. The Kier molecular flexibility index (Phi) is 28.5. The van der Waals surface area contributed by atoms with E-state index in [1.54, 1.807) is 0 Å². The van der Waals surface area contributed by atoms with Gasteiger partial charge in [-0.3, -0.25) is 0 Å². The van der Waals surface area contributed by atoms with Gasteiger partial charge in [0, 0.05) is 6.61 Å². The van der Waals surface area contributed by atoms with Gasteiger partial charge in [0.25, 0.3) is 0 Å². The Hall–Kier alpha value is -0.760. The molecular weight excluding hydrogens is 404 g/mol. The summed E-state index contributed by atoms with van der Waals surface area (Å²) in [5, 5.41) is 0. The van der Waals surface area contributed by atoms with E-state index in [0.717, 1.165) is 13.0 Å². The van der Waals surface area contributed by atoms with Gasteiger partial charge in [-0.15, -0.1) is 6.42 Å². The fourth-order valence-corrected chi connectivity index (χ4v) is 2.30. The van der Waals surface area contributed by atoms with E-state index in [9.17, 15) is 0 Å². The van der Waals surface area contributed by atoms with Crippen molar-refractivity contribution in [2.75, 3.05) is 106 Å². The van der Waals surface area contributed by atoms with E-state index in [0.29, 0.717) is 99.1 Å². The van der Waals surface area contributed by atoms with Crippen molar-refractivity contribution in [2.24, 2.45) is 0 Å². The highest BCUT2D eigenvalue weighted by Gasteiger charge is 1.95. The third kappa shape index (κ3) is 29.2. The zero-order valence-corrected chi connectivity index (χ0v) is 19.5. The molecule has 0 aromatic heterocycles. The summed E-state index contributed by atoms with van der Waals surface area (Å²) in [5.74, 6) is 2.40. The van der Waals surface area contributed by atoms with Gasteiger partial charge in [-0.05, 0) is 6.42 Å². The van der Waals surface area contributed by atoms with Crippen LogP contribution in [0, 0.1) is 12.3 Å². The first kappa shape index (κ1) is 30.2. The topological polar surface area (TPSA) is 73.8 Å². The molecule has 184 valence electrons. The molecule has 0 aromatic carbocycles. The number of hydrogen-bond acceptors (Lipinski definition) is 8. The third-order valence-electron chi connectivity index (χ3n) is 3.93. The predicted molar refractivity (Wildman–Crippen MR) is 120 cm³/mol. The summed E-state index contributed by atoms with van der Waals surface area (Å²) in [7, 11) is 0. The lowest BCUT2D eigenvalue weighted by Crippen LogP contribution is -2.15. The maximum Gasteiger partial charge on any atom is 0.107 e. The molecule has 0 aliphatic carbocycles. The zero-order chi connectivity index (χ0) is 22.5. The third-order valence-corrected chi connectivity index (χ3v) is 3.93. The number of terminal acetylenes is 1. The van der Waals surface area contributed by atoms with Gasteiger partial charge in [0.2, 0.25) is 0 Å². The Morgan fingerprint density at radius 3 is 1.06 bits per heavy atom. The predicted octanol–water partition coefficient (Wildman–Crippen LogP) is 2.33. The van der Waals surface area contributed by atoms with Crippen LogP contribution in [0.1, 0.15) is 32.6 Å². The van der Waals surface area contributed by atoms with Crippen molar-refractivity contribution in [3.63, 3.8) is 0 Å². The van der Waals surface area contributed by atoms with Crippen LogP contribution in [0.5, 0.6) is 0 Å².